The van der Waals surface area contributed by atoms with Crippen LogP contribution in [0.3, 0.4) is 0 Å². The number of nitrogens with zero attached hydrogens (tertiary/aromatic N) is 1. The maximum absolute atomic E-state index is 12.4. The number of aliphatic hydroxyl groups is 1. The summed E-state index contributed by atoms with van der Waals surface area (Å²) in [7, 11) is 1.58. The first kappa shape index (κ1) is 20.0. The number of hydrogen-bond donors (Lipinski definition) is 1. The zero-order valence-corrected chi connectivity index (χ0v) is 16.7. The van der Waals surface area contributed by atoms with Gasteiger partial charge in [-0.1, -0.05) is 12.1 Å². The van der Waals surface area contributed by atoms with E-state index in [-0.39, 0.29) is 25.2 Å². The lowest BCUT2D eigenvalue weighted by Crippen LogP contribution is -2.40. The van der Waals surface area contributed by atoms with Crippen LogP contribution in [0.25, 0.3) is 22.1 Å². The number of ether oxygens (including phenoxy) is 2. The van der Waals surface area contributed by atoms with E-state index in [9.17, 15) is 14.7 Å². The summed E-state index contributed by atoms with van der Waals surface area (Å²) in [4.78, 5) is 26.4. The Balaban J connectivity index is 1.49. The molecule has 0 bridgehead atoms. The Labute approximate surface area is 173 Å². The molecule has 7 heteroatoms. The molecule has 1 N–H and O–H groups in total. The number of likely N-dealkylation sites (tertiary alicyclic amines) is 1. The van der Waals surface area contributed by atoms with E-state index in [1.807, 2.05) is 6.07 Å². The van der Waals surface area contributed by atoms with Gasteiger partial charge in [0.05, 0.1) is 25.3 Å². The van der Waals surface area contributed by atoms with Crippen LogP contribution in [0.15, 0.2) is 57.7 Å². The van der Waals surface area contributed by atoms with Gasteiger partial charge in [0.2, 0.25) is 0 Å². The van der Waals surface area contributed by atoms with Crippen molar-refractivity contribution in [3.8, 4) is 22.6 Å². The number of rotatable bonds is 6. The van der Waals surface area contributed by atoms with E-state index >= 15 is 0 Å². The van der Waals surface area contributed by atoms with Gasteiger partial charge in [-0.2, -0.15) is 0 Å². The molecule has 1 atom stereocenters. The first-order valence-corrected chi connectivity index (χ1v) is 9.84. The molecule has 1 fully saturated rings. The van der Waals surface area contributed by atoms with E-state index in [1.54, 1.807) is 54.5 Å². The first-order valence-electron chi connectivity index (χ1n) is 9.84. The number of carbonyl (C=O) groups excluding carboxylic acids is 1. The highest BCUT2D eigenvalue weighted by Crippen LogP contribution is 2.26. The molecular formula is C23H23NO6. The van der Waals surface area contributed by atoms with Crippen molar-refractivity contribution in [3.05, 3.63) is 59.0 Å². The van der Waals surface area contributed by atoms with Crippen LogP contribution in [-0.2, 0) is 4.79 Å². The van der Waals surface area contributed by atoms with Crippen LogP contribution in [0.1, 0.15) is 12.8 Å². The summed E-state index contributed by atoms with van der Waals surface area (Å²) in [5.41, 5.74) is 1.18. The maximum Gasteiger partial charge on any atom is 0.344 e. The quantitative estimate of drug-likeness (QED) is 0.630. The Bertz CT molecular complexity index is 1100. The molecule has 0 aliphatic carbocycles. The van der Waals surface area contributed by atoms with Crippen molar-refractivity contribution in [3.63, 3.8) is 0 Å². The molecule has 7 nitrogen and oxygen atoms in total. The molecule has 1 aromatic heterocycles. The molecule has 2 aromatic carbocycles. The Morgan fingerprint density at radius 1 is 1.17 bits per heavy atom. The highest BCUT2D eigenvalue weighted by molar-refractivity contribution is 5.83. The Kier molecular flexibility index (Phi) is 5.72. The summed E-state index contributed by atoms with van der Waals surface area (Å²) in [5.74, 6) is 1.07. The molecule has 0 unspecified atom stereocenters. The largest absolute Gasteiger partial charge is 0.497 e. The molecule has 1 amide bonds. The third-order valence-corrected chi connectivity index (χ3v) is 5.38. The van der Waals surface area contributed by atoms with Gasteiger partial charge in [0.15, 0.2) is 6.61 Å². The topological polar surface area (TPSA) is 89.2 Å². The van der Waals surface area contributed by atoms with Gasteiger partial charge in [-0.3, -0.25) is 4.79 Å². The number of hydrogen-bond acceptors (Lipinski definition) is 6. The molecule has 0 saturated carbocycles. The normalized spacial score (nSPS) is 16.1. The van der Waals surface area contributed by atoms with Crippen LogP contribution in [0.2, 0.25) is 0 Å². The Morgan fingerprint density at radius 3 is 2.67 bits per heavy atom. The van der Waals surface area contributed by atoms with Gasteiger partial charge < -0.3 is 23.9 Å². The Morgan fingerprint density at radius 2 is 1.93 bits per heavy atom. The monoisotopic (exact) mass is 409 g/mol. The highest BCUT2D eigenvalue weighted by atomic mass is 16.5. The minimum absolute atomic E-state index is 0.0271. The van der Waals surface area contributed by atoms with Gasteiger partial charge in [-0.15, -0.1) is 0 Å². The lowest BCUT2D eigenvalue weighted by atomic mass is 10.1. The van der Waals surface area contributed by atoms with Crippen molar-refractivity contribution in [2.24, 2.45) is 0 Å². The van der Waals surface area contributed by atoms with Crippen LogP contribution in [0.5, 0.6) is 11.5 Å². The van der Waals surface area contributed by atoms with Crippen molar-refractivity contribution in [1.82, 2.24) is 4.90 Å². The molecular weight excluding hydrogens is 386 g/mol. The van der Waals surface area contributed by atoms with E-state index in [2.05, 4.69) is 0 Å². The molecule has 4 rings (SSSR count). The molecule has 1 aliphatic rings. The van der Waals surface area contributed by atoms with Gasteiger partial charge in [-0.25, -0.2) is 4.79 Å². The average Bonchev–Trinajstić information content (AvgIpc) is 3.26. The first-order chi connectivity index (χ1) is 14.6. The smallest absolute Gasteiger partial charge is 0.344 e. The van der Waals surface area contributed by atoms with Crippen LogP contribution >= 0.6 is 0 Å². The second-order valence-electron chi connectivity index (χ2n) is 7.23. The second-order valence-corrected chi connectivity index (χ2v) is 7.23. The van der Waals surface area contributed by atoms with Crippen molar-refractivity contribution < 1.29 is 23.8 Å². The summed E-state index contributed by atoms with van der Waals surface area (Å²) in [6.45, 7) is 0.531. The lowest BCUT2D eigenvalue weighted by molar-refractivity contribution is -0.134. The predicted octanol–water partition coefficient (Wildman–Crippen LogP) is 2.83. The third-order valence-electron chi connectivity index (χ3n) is 5.38. The zero-order chi connectivity index (χ0) is 21.1. The van der Waals surface area contributed by atoms with Gasteiger partial charge in [0, 0.05) is 11.9 Å². The van der Waals surface area contributed by atoms with Gasteiger partial charge >= 0.3 is 5.63 Å². The minimum Gasteiger partial charge on any atom is -0.497 e. The van der Waals surface area contributed by atoms with Crippen LogP contribution in [0, 0.1) is 0 Å². The molecule has 30 heavy (non-hydrogen) atoms. The molecule has 0 spiro atoms. The lowest BCUT2D eigenvalue weighted by Gasteiger charge is -2.22. The van der Waals surface area contributed by atoms with Gasteiger partial charge in [-0.05, 0) is 54.8 Å². The summed E-state index contributed by atoms with van der Waals surface area (Å²) >= 11 is 0. The molecule has 2 heterocycles. The minimum atomic E-state index is -0.430. The summed E-state index contributed by atoms with van der Waals surface area (Å²) < 4.78 is 16.3. The van der Waals surface area contributed by atoms with Crippen LogP contribution in [0.4, 0.5) is 0 Å². The fourth-order valence-corrected chi connectivity index (χ4v) is 3.74. The number of carbonyl (C=O) groups is 1. The molecule has 1 saturated heterocycles. The van der Waals surface area contributed by atoms with Crippen molar-refractivity contribution in [1.29, 1.82) is 0 Å². The molecule has 156 valence electrons. The molecule has 1 aliphatic heterocycles. The number of methoxy groups -OCH3 is 1. The second kappa shape index (κ2) is 8.59. The van der Waals surface area contributed by atoms with Gasteiger partial charge in [0.25, 0.3) is 5.91 Å². The fourth-order valence-electron chi connectivity index (χ4n) is 3.74. The highest BCUT2D eigenvalue weighted by Gasteiger charge is 2.28. The molecule has 0 radical (unpaired) electrons. The van der Waals surface area contributed by atoms with Crippen LogP contribution < -0.4 is 15.1 Å². The Hall–Kier alpha value is -3.32. The maximum atomic E-state index is 12.4. The van der Waals surface area contributed by atoms with E-state index in [4.69, 9.17) is 13.9 Å². The standard InChI is InChI=1S/C23H23NO6/c1-28-19-8-9-21-16(11-19)12-20(23(27)30-21)15-4-6-18(7-5-15)29-14-22(26)24-10-2-3-17(24)13-25/h4-9,11-12,17,25H,2-3,10,13-14H2,1H3/t17-/m1/s1. The van der Waals surface area contributed by atoms with Crippen LogP contribution in [-0.4, -0.2) is 48.8 Å². The third kappa shape index (κ3) is 4.02. The van der Waals surface area contributed by atoms with E-state index in [0.29, 0.717) is 34.8 Å². The van der Waals surface area contributed by atoms with Crippen molar-refractivity contribution in [2.45, 2.75) is 18.9 Å². The average molecular weight is 409 g/mol. The number of benzene rings is 2. The SMILES string of the molecule is COc1ccc2oc(=O)c(-c3ccc(OCC(=O)N4CCC[C@@H]4CO)cc3)cc2c1. The molecule has 3 aromatic rings. The van der Waals surface area contributed by atoms with E-state index in [0.717, 1.165) is 18.2 Å². The number of fused-ring (bicyclic) bond motifs is 1. The van der Waals surface area contributed by atoms with Gasteiger partial charge in [0.1, 0.15) is 17.1 Å². The van der Waals surface area contributed by atoms with Crippen molar-refractivity contribution >= 4 is 16.9 Å². The predicted molar refractivity (Wildman–Crippen MR) is 112 cm³/mol. The fraction of sp³-hybridized carbons (Fsp3) is 0.304. The van der Waals surface area contributed by atoms with Crippen molar-refractivity contribution in [2.75, 3.05) is 26.9 Å². The summed E-state index contributed by atoms with van der Waals surface area (Å²) in [5, 5.41) is 10.1. The number of amides is 1. The van der Waals surface area contributed by atoms with E-state index < -0.39 is 5.63 Å². The summed E-state index contributed by atoms with van der Waals surface area (Å²) in [6, 6.07) is 13.8. The summed E-state index contributed by atoms with van der Waals surface area (Å²) in [6.07, 6.45) is 1.71. The zero-order valence-electron chi connectivity index (χ0n) is 16.7. The number of aliphatic hydroxyl groups excluding tert-OH is 1. The van der Waals surface area contributed by atoms with E-state index in [1.165, 1.54) is 0 Å².